The van der Waals surface area contributed by atoms with Crippen LogP contribution in [0, 0.1) is 5.41 Å². The van der Waals surface area contributed by atoms with E-state index in [9.17, 15) is 5.11 Å². The standard InChI is InChI=1S/C11H25NO/c1-6-7-10(2,3)9(13)8-11(4,5)12/h9,13H,6-8,12H2,1-5H3. The minimum Gasteiger partial charge on any atom is -0.393 e. The van der Waals surface area contributed by atoms with Crippen LogP contribution in [-0.2, 0) is 0 Å². The summed E-state index contributed by atoms with van der Waals surface area (Å²) < 4.78 is 0. The van der Waals surface area contributed by atoms with Crippen molar-refractivity contribution >= 4 is 0 Å². The summed E-state index contributed by atoms with van der Waals surface area (Å²) in [6, 6.07) is 0. The van der Waals surface area contributed by atoms with Gasteiger partial charge >= 0.3 is 0 Å². The highest BCUT2D eigenvalue weighted by molar-refractivity contribution is 4.84. The van der Waals surface area contributed by atoms with Crippen molar-refractivity contribution in [2.45, 2.75) is 65.5 Å². The molecule has 0 aromatic heterocycles. The van der Waals surface area contributed by atoms with E-state index in [2.05, 4.69) is 20.8 Å². The fourth-order valence-electron chi connectivity index (χ4n) is 1.59. The number of rotatable bonds is 5. The van der Waals surface area contributed by atoms with Gasteiger partial charge < -0.3 is 10.8 Å². The third kappa shape index (κ3) is 5.27. The summed E-state index contributed by atoms with van der Waals surface area (Å²) in [5.74, 6) is 0. The number of hydrogen-bond acceptors (Lipinski definition) is 2. The van der Waals surface area contributed by atoms with Crippen molar-refractivity contribution in [3.8, 4) is 0 Å². The molecule has 1 unspecified atom stereocenters. The minimum atomic E-state index is -0.299. The average Bonchev–Trinajstić information content (AvgIpc) is 1.82. The molecule has 2 heteroatoms. The van der Waals surface area contributed by atoms with Crippen LogP contribution in [0.5, 0.6) is 0 Å². The lowest BCUT2D eigenvalue weighted by atomic mass is 9.77. The van der Waals surface area contributed by atoms with E-state index in [0.717, 1.165) is 12.8 Å². The lowest BCUT2D eigenvalue weighted by Gasteiger charge is -2.34. The first kappa shape index (κ1) is 12.9. The minimum absolute atomic E-state index is 0.00854. The summed E-state index contributed by atoms with van der Waals surface area (Å²) >= 11 is 0. The Morgan fingerprint density at radius 3 is 2.00 bits per heavy atom. The van der Waals surface area contributed by atoms with Gasteiger partial charge in [-0.3, -0.25) is 0 Å². The third-order valence-electron chi connectivity index (χ3n) is 2.52. The molecule has 0 saturated heterocycles. The van der Waals surface area contributed by atoms with E-state index >= 15 is 0 Å². The van der Waals surface area contributed by atoms with Crippen LogP contribution in [0.25, 0.3) is 0 Å². The third-order valence-corrected chi connectivity index (χ3v) is 2.52. The molecule has 0 aliphatic rings. The van der Waals surface area contributed by atoms with Gasteiger partial charge in [0.1, 0.15) is 0 Å². The molecule has 0 radical (unpaired) electrons. The Labute approximate surface area is 82.5 Å². The zero-order valence-electron chi connectivity index (χ0n) is 9.72. The Morgan fingerprint density at radius 1 is 1.23 bits per heavy atom. The van der Waals surface area contributed by atoms with Crippen molar-refractivity contribution in [1.29, 1.82) is 0 Å². The lowest BCUT2D eigenvalue weighted by molar-refractivity contribution is 0.0229. The number of hydrogen-bond donors (Lipinski definition) is 2. The Morgan fingerprint density at radius 2 is 1.69 bits per heavy atom. The molecule has 0 spiro atoms. The van der Waals surface area contributed by atoms with Crippen LogP contribution in [-0.4, -0.2) is 16.7 Å². The Kier molecular flexibility index (Phi) is 4.40. The van der Waals surface area contributed by atoms with Crippen LogP contribution in [0.15, 0.2) is 0 Å². The van der Waals surface area contributed by atoms with Crippen LogP contribution in [0.3, 0.4) is 0 Å². The summed E-state index contributed by atoms with van der Waals surface area (Å²) in [7, 11) is 0. The van der Waals surface area contributed by atoms with Gasteiger partial charge in [0.05, 0.1) is 6.10 Å². The fraction of sp³-hybridized carbons (Fsp3) is 1.00. The largest absolute Gasteiger partial charge is 0.393 e. The molecule has 0 rings (SSSR count). The maximum atomic E-state index is 9.96. The molecular weight excluding hydrogens is 162 g/mol. The first-order valence-electron chi connectivity index (χ1n) is 5.16. The quantitative estimate of drug-likeness (QED) is 0.693. The van der Waals surface area contributed by atoms with E-state index in [1.165, 1.54) is 0 Å². The molecule has 0 aliphatic carbocycles. The van der Waals surface area contributed by atoms with Crippen LogP contribution >= 0.6 is 0 Å². The summed E-state index contributed by atoms with van der Waals surface area (Å²) in [5.41, 5.74) is 5.59. The molecule has 0 bridgehead atoms. The van der Waals surface area contributed by atoms with Gasteiger partial charge in [-0.1, -0.05) is 27.2 Å². The van der Waals surface area contributed by atoms with Gasteiger partial charge in [-0.05, 0) is 32.1 Å². The number of aliphatic hydroxyl groups excluding tert-OH is 1. The highest BCUT2D eigenvalue weighted by Gasteiger charge is 2.30. The molecule has 0 saturated carbocycles. The van der Waals surface area contributed by atoms with Crippen LogP contribution < -0.4 is 5.73 Å². The van der Waals surface area contributed by atoms with E-state index < -0.39 is 0 Å². The van der Waals surface area contributed by atoms with E-state index in [-0.39, 0.29) is 17.1 Å². The second kappa shape index (κ2) is 4.43. The predicted octanol–water partition coefficient (Wildman–Crippen LogP) is 2.30. The first-order valence-corrected chi connectivity index (χ1v) is 5.16. The van der Waals surface area contributed by atoms with E-state index in [0.29, 0.717) is 6.42 Å². The van der Waals surface area contributed by atoms with Crippen LogP contribution in [0.4, 0.5) is 0 Å². The van der Waals surface area contributed by atoms with Crippen LogP contribution in [0.2, 0.25) is 0 Å². The SMILES string of the molecule is CCCC(C)(C)C(O)CC(C)(C)N. The Balaban J connectivity index is 4.16. The molecule has 0 amide bonds. The topological polar surface area (TPSA) is 46.2 Å². The highest BCUT2D eigenvalue weighted by Crippen LogP contribution is 2.30. The van der Waals surface area contributed by atoms with Crippen molar-refractivity contribution in [3.05, 3.63) is 0 Å². The van der Waals surface area contributed by atoms with Crippen molar-refractivity contribution in [2.24, 2.45) is 11.1 Å². The normalized spacial score (nSPS) is 15.9. The van der Waals surface area contributed by atoms with Gasteiger partial charge in [0.25, 0.3) is 0 Å². The fourth-order valence-corrected chi connectivity index (χ4v) is 1.59. The van der Waals surface area contributed by atoms with E-state index in [1.807, 2.05) is 13.8 Å². The molecule has 13 heavy (non-hydrogen) atoms. The molecule has 3 N–H and O–H groups in total. The number of nitrogens with two attached hydrogens (primary N) is 1. The van der Waals surface area contributed by atoms with Gasteiger partial charge in [-0.15, -0.1) is 0 Å². The maximum Gasteiger partial charge on any atom is 0.0608 e. The van der Waals surface area contributed by atoms with Gasteiger partial charge in [-0.25, -0.2) is 0 Å². The monoisotopic (exact) mass is 187 g/mol. The smallest absolute Gasteiger partial charge is 0.0608 e. The molecule has 2 nitrogen and oxygen atoms in total. The molecule has 0 heterocycles. The summed E-state index contributed by atoms with van der Waals surface area (Å²) in [6.45, 7) is 10.3. The summed E-state index contributed by atoms with van der Waals surface area (Å²) in [5, 5.41) is 9.96. The van der Waals surface area contributed by atoms with Gasteiger partial charge in [-0.2, -0.15) is 0 Å². The molecule has 0 aromatic carbocycles. The van der Waals surface area contributed by atoms with Gasteiger partial charge in [0.2, 0.25) is 0 Å². The summed E-state index contributed by atoms with van der Waals surface area (Å²) in [6.07, 6.45) is 2.52. The molecule has 80 valence electrons. The first-order chi connectivity index (χ1) is 5.69. The van der Waals surface area contributed by atoms with Gasteiger partial charge in [0.15, 0.2) is 0 Å². The highest BCUT2D eigenvalue weighted by atomic mass is 16.3. The maximum absolute atomic E-state index is 9.96. The van der Waals surface area contributed by atoms with Crippen molar-refractivity contribution in [3.63, 3.8) is 0 Å². The molecule has 0 aromatic rings. The summed E-state index contributed by atoms with van der Waals surface area (Å²) in [4.78, 5) is 0. The predicted molar refractivity (Wildman–Crippen MR) is 57.6 cm³/mol. The molecular formula is C11H25NO. The van der Waals surface area contributed by atoms with E-state index in [4.69, 9.17) is 5.73 Å². The molecule has 1 atom stereocenters. The molecule has 0 fully saturated rings. The van der Waals surface area contributed by atoms with Crippen molar-refractivity contribution in [2.75, 3.05) is 0 Å². The zero-order valence-corrected chi connectivity index (χ0v) is 9.72. The zero-order chi connectivity index (χ0) is 10.7. The second-order valence-corrected chi connectivity index (χ2v) is 5.45. The second-order valence-electron chi connectivity index (χ2n) is 5.45. The average molecular weight is 187 g/mol. The van der Waals surface area contributed by atoms with Crippen LogP contribution in [0.1, 0.15) is 53.9 Å². The van der Waals surface area contributed by atoms with Crippen molar-refractivity contribution < 1.29 is 5.11 Å². The molecule has 0 aliphatic heterocycles. The van der Waals surface area contributed by atoms with Gasteiger partial charge in [0, 0.05) is 5.54 Å². The van der Waals surface area contributed by atoms with E-state index in [1.54, 1.807) is 0 Å². The number of aliphatic hydroxyl groups is 1. The lowest BCUT2D eigenvalue weighted by Crippen LogP contribution is -2.41. The Hall–Kier alpha value is -0.0800. The Bertz CT molecular complexity index is 147. The van der Waals surface area contributed by atoms with Crippen molar-refractivity contribution in [1.82, 2.24) is 0 Å².